The van der Waals surface area contributed by atoms with Crippen molar-refractivity contribution in [2.45, 2.75) is 70.1 Å². The van der Waals surface area contributed by atoms with Crippen LogP contribution in [-0.2, 0) is 28.8 Å². The van der Waals surface area contributed by atoms with Crippen LogP contribution in [0.2, 0.25) is 0 Å². The number of imide groups is 2. The number of aromatic hydroxyl groups is 1. The molecule has 2 heterocycles. The van der Waals surface area contributed by atoms with Crippen LogP contribution in [0.5, 0.6) is 11.5 Å². The normalized spacial score (nSPS) is 27.3. The van der Waals surface area contributed by atoms with Crippen molar-refractivity contribution < 1.29 is 48.8 Å². The van der Waals surface area contributed by atoms with Gasteiger partial charge in [0.2, 0.25) is 23.6 Å². The van der Waals surface area contributed by atoms with E-state index in [2.05, 4.69) is 0 Å². The molecule has 6 unspecified atom stereocenters. The zero-order valence-electron chi connectivity index (χ0n) is 25.4. The van der Waals surface area contributed by atoms with Crippen LogP contribution in [0, 0.1) is 29.6 Å². The van der Waals surface area contributed by atoms with Gasteiger partial charge in [0.1, 0.15) is 0 Å². The molecule has 5 rings (SSSR count). The minimum atomic E-state index is -0.896. The number of hydrogen-bond donors (Lipinski definition) is 3. The molecule has 1 aromatic rings. The lowest BCUT2D eigenvalue weighted by Gasteiger charge is -2.44. The number of carbonyl (C=O) groups excluding carboxylic acids is 4. The average molecular weight is 625 g/mol. The van der Waals surface area contributed by atoms with Crippen LogP contribution < -0.4 is 4.74 Å². The van der Waals surface area contributed by atoms with E-state index in [0.29, 0.717) is 50.5 Å². The SMILES string of the molecule is COc1cc(C2C3=CCC4C(=O)N(CCCCCC(=O)O)C(=O)C4C3CC3C(=O)N(CCCCCC(=O)O)C(=O)C32)ccc1O. The lowest BCUT2D eigenvalue weighted by atomic mass is 9.57. The summed E-state index contributed by atoms with van der Waals surface area (Å²) in [5.41, 5.74) is 1.52. The smallest absolute Gasteiger partial charge is 0.303 e. The number of carbonyl (C=O) groups is 6. The molecule has 0 spiro atoms. The van der Waals surface area contributed by atoms with Crippen LogP contribution in [0.3, 0.4) is 0 Å². The summed E-state index contributed by atoms with van der Waals surface area (Å²) in [6, 6.07) is 4.84. The molecule has 2 aliphatic heterocycles. The predicted molar refractivity (Wildman–Crippen MR) is 158 cm³/mol. The van der Waals surface area contributed by atoms with E-state index in [9.17, 15) is 33.9 Å². The lowest BCUT2D eigenvalue weighted by molar-refractivity contribution is -0.142. The third kappa shape index (κ3) is 6.19. The van der Waals surface area contributed by atoms with Gasteiger partial charge in [-0.05, 0) is 62.1 Å². The molecule has 3 N–H and O–H groups in total. The van der Waals surface area contributed by atoms with Crippen LogP contribution in [0.25, 0.3) is 0 Å². The quantitative estimate of drug-likeness (QED) is 0.158. The first-order chi connectivity index (χ1) is 21.5. The van der Waals surface area contributed by atoms with Crippen molar-refractivity contribution >= 4 is 35.6 Å². The van der Waals surface area contributed by atoms with Crippen molar-refractivity contribution in [2.75, 3.05) is 20.2 Å². The first-order valence-electron chi connectivity index (χ1n) is 15.8. The Morgan fingerprint density at radius 3 is 1.93 bits per heavy atom. The summed E-state index contributed by atoms with van der Waals surface area (Å²) in [5.74, 6) is -6.44. The lowest BCUT2D eigenvalue weighted by Crippen LogP contribution is -2.43. The van der Waals surface area contributed by atoms with Crippen LogP contribution in [-0.4, -0.2) is 80.9 Å². The van der Waals surface area contributed by atoms with Crippen molar-refractivity contribution in [3.8, 4) is 11.5 Å². The fourth-order valence-corrected chi connectivity index (χ4v) is 7.87. The number of hydrogen-bond acceptors (Lipinski definition) is 8. The van der Waals surface area contributed by atoms with E-state index in [-0.39, 0.29) is 67.5 Å². The number of nitrogens with zero attached hydrogens (tertiary/aromatic N) is 2. The molecule has 2 saturated heterocycles. The molecule has 12 nitrogen and oxygen atoms in total. The highest BCUT2D eigenvalue weighted by molar-refractivity contribution is 6.08. The molecular weight excluding hydrogens is 584 g/mol. The average Bonchev–Trinajstić information content (AvgIpc) is 3.39. The number of phenolic OH excluding ortho intramolecular Hbond substituents is 1. The predicted octanol–water partition coefficient (Wildman–Crippen LogP) is 3.33. The molecule has 0 radical (unpaired) electrons. The van der Waals surface area contributed by atoms with Gasteiger partial charge in [-0.3, -0.25) is 38.6 Å². The Labute approximate surface area is 261 Å². The number of aliphatic carboxylic acids is 2. The minimum Gasteiger partial charge on any atom is -0.504 e. The molecule has 4 aliphatic rings. The summed E-state index contributed by atoms with van der Waals surface area (Å²) in [6.45, 7) is 0.392. The molecule has 242 valence electrons. The molecular formula is C33H40N2O10. The summed E-state index contributed by atoms with van der Waals surface area (Å²) in [5, 5.41) is 28.1. The van der Waals surface area contributed by atoms with E-state index in [1.165, 1.54) is 23.0 Å². The molecule has 4 amide bonds. The molecule has 1 aromatic carbocycles. The molecule has 6 atom stereocenters. The second-order valence-corrected chi connectivity index (χ2v) is 12.5. The first kappa shape index (κ1) is 32.2. The Kier molecular flexibility index (Phi) is 9.59. The zero-order valence-corrected chi connectivity index (χ0v) is 25.4. The number of unbranched alkanes of at least 4 members (excludes halogenated alkanes) is 4. The molecule has 2 aliphatic carbocycles. The van der Waals surface area contributed by atoms with Gasteiger partial charge in [-0.15, -0.1) is 0 Å². The number of carboxylic acids is 2. The Bertz CT molecular complexity index is 1420. The number of allylic oxidation sites excluding steroid dienone is 2. The standard InChI is InChI=1S/C33H40N2O10/c1-45-24-16-18(10-13-23(24)36)27-19-11-12-20-28(32(43)34(30(20)41)14-6-2-4-8-25(37)38)21(19)17-22-29(27)33(44)35(31(22)42)15-7-3-5-9-26(39)40/h10-11,13,16,20-22,27-29,36H,2-9,12,14-15,17H2,1H3,(H,37,38)(H,39,40). The topological polar surface area (TPSA) is 179 Å². The van der Waals surface area contributed by atoms with Crippen LogP contribution in [0.1, 0.15) is 75.7 Å². The zero-order chi connectivity index (χ0) is 32.4. The molecule has 1 saturated carbocycles. The number of ether oxygens (including phenoxy) is 1. The van der Waals surface area contributed by atoms with Crippen LogP contribution >= 0.6 is 0 Å². The summed E-state index contributed by atoms with van der Waals surface area (Å²) in [4.78, 5) is 79.4. The highest BCUT2D eigenvalue weighted by Crippen LogP contribution is 2.58. The number of likely N-dealkylation sites (tertiary alicyclic amines) is 2. The van der Waals surface area contributed by atoms with Gasteiger partial charge in [0.05, 0.1) is 30.8 Å². The van der Waals surface area contributed by atoms with Crippen molar-refractivity contribution in [2.24, 2.45) is 29.6 Å². The fraction of sp³-hybridized carbons (Fsp3) is 0.576. The summed E-state index contributed by atoms with van der Waals surface area (Å²) >= 11 is 0. The molecule has 0 aromatic heterocycles. The number of amides is 4. The number of methoxy groups -OCH3 is 1. The van der Waals surface area contributed by atoms with Gasteiger partial charge in [0.25, 0.3) is 0 Å². The highest BCUT2D eigenvalue weighted by Gasteiger charge is 2.61. The summed E-state index contributed by atoms with van der Waals surface area (Å²) < 4.78 is 5.36. The van der Waals surface area contributed by atoms with E-state index in [4.69, 9.17) is 14.9 Å². The van der Waals surface area contributed by atoms with Gasteiger partial charge in [-0.2, -0.15) is 0 Å². The third-order valence-electron chi connectivity index (χ3n) is 9.94. The van der Waals surface area contributed by atoms with Crippen molar-refractivity contribution in [3.05, 3.63) is 35.4 Å². The van der Waals surface area contributed by atoms with Gasteiger partial charge >= 0.3 is 11.9 Å². The minimum absolute atomic E-state index is 0.0163. The number of carboxylic acid groups (broad SMARTS) is 2. The summed E-state index contributed by atoms with van der Waals surface area (Å²) in [6.07, 6.45) is 5.60. The van der Waals surface area contributed by atoms with E-state index in [0.717, 1.165) is 5.57 Å². The highest BCUT2D eigenvalue weighted by atomic mass is 16.5. The van der Waals surface area contributed by atoms with Crippen molar-refractivity contribution in [1.29, 1.82) is 0 Å². The molecule has 12 heteroatoms. The third-order valence-corrected chi connectivity index (χ3v) is 9.94. The number of rotatable bonds is 14. The Hall–Kier alpha value is -4.22. The van der Waals surface area contributed by atoms with E-state index in [1.54, 1.807) is 12.1 Å². The van der Waals surface area contributed by atoms with Gasteiger partial charge in [0.15, 0.2) is 11.5 Å². The largest absolute Gasteiger partial charge is 0.504 e. The second-order valence-electron chi connectivity index (χ2n) is 12.5. The fourth-order valence-electron chi connectivity index (χ4n) is 7.87. The maximum absolute atomic E-state index is 13.9. The van der Waals surface area contributed by atoms with Gasteiger partial charge in [0, 0.05) is 31.8 Å². The van der Waals surface area contributed by atoms with Crippen LogP contribution in [0.4, 0.5) is 0 Å². The van der Waals surface area contributed by atoms with Gasteiger partial charge < -0.3 is 20.1 Å². The Morgan fingerprint density at radius 1 is 0.778 bits per heavy atom. The maximum atomic E-state index is 13.9. The Balaban J connectivity index is 1.42. The van der Waals surface area contributed by atoms with Crippen molar-refractivity contribution in [3.63, 3.8) is 0 Å². The molecule has 45 heavy (non-hydrogen) atoms. The van der Waals surface area contributed by atoms with E-state index >= 15 is 0 Å². The number of phenols is 1. The van der Waals surface area contributed by atoms with E-state index < -0.39 is 47.4 Å². The second kappa shape index (κ2) is 13.4. The monoisotopic (exact) mass is 624 g/mol. The molecule has 0 bridgehead atoms. The molecule has 3 fully saturated rings. The number of benzene rings is 1. The Morgan fingerprint density at radius 2 is 1.36 bits per heavy atom. The van der Waals surface area contributed by atoms with Crippen LogP contribution in [0.15, 0.2) is 29.8 Å². The van der Waals surface area contributed by atoms with Gasteiger partial charge in [-0.1, -0.05) is 30.6 Å². The summed E-state index contributed by atoms with van der Waals surface area (Å²) in [7, 11) is 1.42. The van der Waals surface area contributed by atoms with E-state index in [1.807, 2.05) is 6.08 Å². The van der Waals surface area contributed by atoms with Crippen molar-refractivity contribution in [1.82, 2.24) is 9.80 Å². The first-order valence-corrected chi connectivity index (χ1v) is 15.8. The maximum Gasteiger partial charge on any atom is 0.303 e. The van der Waals surface area contributed by atoms with Gasteiger partial charge in [-0.25, -0.2) is 0 Å². The number of fused-ring (bicyclic) bond motifs is 4.